The molecular weight excluding hydrogens is 280 g/mol. The number of carbonyl (C=O) groups excluding carboxylic acids is 1. The Hall–Kier alpha value is -3.26. The molecule has 0 spiro atoms. The second-order valence-corrected chi connectivity index (χ2v) is 4.22. The lowest BCUT2D eigenvalue weighted by Gasteiger charge is -2.08. The number of rotatable bonds is 5. The van der Waals surface area contributed by atoms with Crippen LogP contribution in [-0.4, -0.2) is 13.0 Å². The van der Waals surface area contributed by atoms with Crippen LogP contribution in [-0.2, 0) is 4.79 Å². The van der Waals surface area contributed by atoms with Gasteiger partial charge < -0.3 is 14.5 Å². The monoisotopic (exact) mass is 294 g/mol. The number of amides is 1. The van der Waals surface area contributed by atoms with Gasteiger partial charge in [-0.3, -0.25) is 4.79 Å². The molecule has 110 valence electrons. The predicted molar refractivity (Wildman–Crippen MR) is 83.1 cm³/mol. The van der Waals surface area contributed by atoms with Gasteiger partial charge >= 0.3 is 0 Å². The van der Waals surface area contributed by atoms with Gasteiger partial charge in [0.2, 0.25) is 0 Å². The molecular formula is C17H14N2O3. The van der Waals surface area contributed by atoms with Crippen molar-refractivity contribution in [1.82, 2.24) is 0 Å². The molecule has 0 aliphatic rings. The van der Waals surface area contributed by atoms with Gasteiger partial charge in [0, 0.05) is 0 Å². The van der Waals surface area contributed by atoms with Crippen molar-refractivity contribution >= 4 is 17.7 Å². The summed E-state index contributed by atoms with van der Waals surface area (Å²) in [4.78, 5) is 12.1. The second kappa shape index (κ2) is 7.50. The van der Waals surface area contributed by atoms with Gasteiger partial charge in [0.05, 0.1) is 19.1 Å². The maximum Gasteiger partial charge on any atom is 0.266 e. The zero-order valence-electron chi connectivity index (χ0n) is 11.9. The Kier molecular flexibility index (Phi) is 5.16. The largest absolute Gasteiger partial charge is 0.495 e. The summed E-state index contributed by atoms with van der Waals surface area (Å²) in [7, 11) is 1.51. The molecule has 0 bridgehead atoms. The molecule has 1 aromatic carbocycles. The lowest BCUT2D eigenvalue weighted by molar-refractivity contribution is -0.112. The molecule has 0 saturated carbocycles. The zero-order chi connectivity index (χ0) is 15.8. The van der Waals surface area contributed by atoms with Crippen molar-refractivity contribution in [1.29, 1.82) is 5.26 Å². The molecule has 0 unspecified atom stereocenters. The number of methoxy groups -OCH3 is 1. The molecule has 22 heavy (non-hydrogen) atoms. The number of para-hydroxylation sites is 2. The summed E-state index contributed by atoms with van der Waals surface area (Å²) >= 11 is 0. The van der Waals surface area contributed by atoms with Gasteiger partial charge in [-0.05, 0) is 36.4 Å². The molecule has 0 saturated heterocycles. The smallest absolute Gasteiger partial charge is 0.266 e. The minimum atomic E-state index is -0.504. The van der Waals surface area contributed by atoms with E-state index in [1.54, 1.807) is 54.8 Å². The summed E-state index contributed by atoms with van der Waals surface area (Å²) < 4.78 is 10.3. The van der Waals surface area contributed by atoms with Crippen LogP contribution >= 0.6 is 0 Å². The van der Waals surface area contributed by atoms with E-state index in [4.69, 9.17) is 14.4 Å². The number of hydrogen-bond acceptors (Lipinski definition) is 4. The van der Waals surface area contributed by atoms with Crippen LogP contribution < -0.4 is 10.1 Å². The Morgan fingerprint density at radius 1 is 1.32 bits per heavy atom. The fourth-order valence-corrected chi connectivity index (χ4v) is 1.73. The van der Waals surface area contributed by atoms with Gasteiger partial charge in [-0.2, -0.15) is 5.26 Å². The molecule has 1 aromatic heterocycles. The highest BCUT2D eigenvalue weighted by atomic mass is 16.5. The fraction of sp³-hybridized carbons (Fsp3) is 0.0588. The van der Waals surface area contributed by atoms with Crippen molar-refractivity contribution in [3.05, 3.63) is 66.1 Å². The van der Waals surface area contributed by atoms with E-state index in [0.29, 0.717) is 17.2 Å². The van der Waals surface area contributed by atoms with Gasteiger partial charge in [0.1, 0.15) is 23.2 Å². The van der Waals surface area contributed by atoms with Crippen molar-refractivity contribution in [3.8, 4) is 11.8 Å². The van der Waals surface area contributed by atoms with Crippen LogP contribution in [0.2, 0.25) is 0 Å². The molecule has 0 radical (unpaired) electrons. The van der Waals surface area contributed by atoms with Crippen LogP contribution in [0.1, 0.15) is 5.76 Å². The highest BCUT2D eigenvalue weighted by molar-refractivity contribution is 6.07. The molecule has 2 rings (SSSR count). The summed E-state index contributed by atoms with van der Waals surface area (Å²) in [5.74, 6) is 0.661. The number of nitrogens with zero attached hydrogens (tertiary/aromatic N) is 1. The second-order valence-electron chi connectivity index (χ2n) is 4.22. The van der Waals surface area contributed by atoms with Crippen LogP contribution in [0.3, 0.4) is 0 Å². The Labute approximate surface area is 128 Å². The number of benzene rings is 1. The lowest BCUT2D eigenvalue weighted by atomic mass is 10.2. The molecule has 1 heterocycles. The van der Waals surface area contributed by atoms with E-state index in [-0.39, 0.29) is 5.57 Å². The number of anilines is 1. The Morgan fingerprint density at radius 3 is 2.82 bits per heavy atom. The molecule has 5 heteroatoms. The van der Waals surface area contributed by atoms with E-state index in [2.05, 4.69) is 5.32 Å². The number of nitriles is 1. The summed E-state index contributed by atoms with van der Waals surface area (Å²) in [6.07, 6.45) is 6.21. The maximum atomic E-state index is 12.1. The molecule has 1 amide bonds. The van der Waals surface area contributed by atoms with Crippen molar-refractivity contribution in [2.45, 2.75) is 0 Å². The molecule has 5 nitrogen and oxygen atoms in total. The number of ether oxygens (including phenoxy) is 1. The molecule has 0 aliphatic carbocycles. The Balaban J connectivity index is 2.10. The third-order valence-electron chi connectivity index (χ3n) is 2.79. The number of furan rings is 1. The predicted octanol–water partition coefficient (Wildman–Crippen LogP) is 3.39. The first kappa shape index (κ1) is 15.1. The summed E-state index contributed by atoms with van der Waals surface area (Å²) in [6.45, 7) is 0. The van der Waals surface area contributed by atoms with Gasteiger partial charge in [0.15, 0.2) is 0 Å². The fourth-order valence-electron chi connectivity index (χ4n) is 1.73. The van der Waals surface area contributed by atoms with Gasteiger partial charge in [0.25, 0.3) is 5.91 Å². The minimum Gasteiger partial charge on any atom is -0.495 e. The standard InChI is InChI=1S/C17H14N2O3/c1-21-16-10-3-2-9-15(16)19-17(20)13(12-18)6-4-7-14-8-5-11-22-14/h2-11H,1H3,(H,19,20)/b7-4+,13-6+. The maximum absolute atomic E-state index is 12.1. The van der Waals surface area contributed by atoms with Crippen molar-refractivity contribution in [2.75, 3.05) is 12.4 Å². The first-order valence-electron chi connectivity index (χ1n) is 6.51. The first-order valence-corrected chi connectivity index (χ1v) is 6.51. The molecule has 2 aromatic rings. The van der Waals surface area contributed by atoms with E-state index < -0.39 is 5.91 Å². The quantitative estimate of drug-likeness (QED) is 0.521. The van der Waals surface area contributed by atoms with E-state index in [0.717, 1.165) is 0 Å². The summed E-state index contributed by atoms with van der Waals surface area (Å²) in [6, 6.07) is 12.4. The number of carbonyl (C=O) groups is 1. The van der Waals surface area contributed by atoms with Crippen molar-refractivity contribution in [3.63, 3.8) is 0 Å². The number of allylic oxidation sites excluding steroid dienone is 2. The van der Waals surface area contributed by atoms with Gasteiger partial charge in [-0.25, -0.2) is 0 Å². The molecule has 0 fully saturated rings. The number of nitrogens with one attached hydrogen (secondary N) is 1. The van der Waals surface area contributed by atoms with E-state index >= 15 is 0 Å². The molecule has 0 aliphatic heterocycles. The van der Waals surface area contributed by atoms with Gasteiger partial charge in [-0.15, -0.1) is 0 Å². The van der Waals surface area contributed by atoms with E-state index in [1.807, 2.05) is 6.07 Å². The SMILES string of the molecule is COc1ccccc1NC(=O)/C(C#N)=C/C=C/c1ccco1. The highest BCUT2D eigenvalue weighted by Gasteiger charge is 2.10. The molecule has 0 atom stereocenters. The van der Waals surface area contributed by atoms with Crippen LogP contribution in [0.25, 0.3) is 6.08 Å². The third-order valence-corrected chi connectivity index (χ3v) is 2.79. The lowest BCUT2D eigenvalue weighted by Crippen LogP contribution is -2.14. The van der Waals surface area contributed by atoms with Crippen molar-refractivity contribution in [2.24, 2.45) is 0 Å². The molecule has 1 N–H and O–H groups in total. The van der Waals surface area contributed by atoms with Crippen LogP contribution in [0.15, 0.2) is 64.8 Å². The van der Waals surface area contributed by atoms with Gasteiger partial charge in [-0.1, -0.05) is 18.2 Å². The van der Waals surface area contributed by atoms with E-state index in [1.165, 1.54) is 13.2 Å². The number of hydrogen-bond donors (Lipinski definition) is 1. The van der Waals surface area contributed by atoms with Crippen molar-refractivity contribution < 1.29 is 13.9 Å². The zero-order valence-corrected chi connectivity index (χ0v) is 11.9. The van der Waals surface area contributed by atoms with Crippen LogP contribution in [0.4, 0.5) is 5.69 Å². The van der Waals surface area contributed by atoms with E-state index in [9.17, 15) is 4.79 Å². The first-order chi connectivity index (χ1) is 10.7. The van der Waals surface area contributed by atoms with Crippen LogP contribution in [0, 0.1) is 11.3 Å². The highest BCUT2D eigenvalue weighted by Crippen LogP contribution is 2.23. The minimum absolute atomic E-state index is 0.0197. The topological polar surface area (TPSA) is 75.3 Å². The average molecular weight is 294 g/mol. The van der Waals surface area contributed by atoms with Crippen LogP contribution in [0.5, 0.6) is 5.75 Å². The summed E-state index contributed by atoms with van der Waals surface area (Å²) in [5.41, 5.74) is 0.486. The average Bonchev–Trinajstić information content (AvgIpc) is 3.05. The normalized spacial score (nSPS) is 11.2. The summed E-state index contributed by atoms with van der Waals surface area (Å²) in [5, 5.41) is 11.7. The third kappa shape index (κ3) is 3.87. The Bertz CT molecular complexity index is 738. The Morgan fingerprint density at radius 2 is 2.14 bits per heavy atom.